The number of benzene rings is 1. The maximum absolute atomic E-state index is 11.5. The first-order valence-electron chi connectivity index (χ1n) is 5.22. The Bertz CT molecular complexity index is 422. The van der Waals surface area contributed by atoms with Crippen LogP contribution in [0.25, 0.3) is 0 Å². The minimum atomic E-state index is -1.29. The van der Waals surface area contributed by atoms with Gasteiger partial charge in [0.1, 0.15) is 6.10 Å². The fourth-order valence-electron chi connectivity index (χ4n) is 1.16. The lowest BCUT2D eigenvalue weighted by atomic mass is 10.3. The van der Waals surface area contributed by atoms with Gasteiger partial charge in [0, 0.05) is 16.7 Å². The molecular formula is C11H14BrN3O3. The van der Waals surface area contributed by atoms with Crippen LogP contribution in [-0.2, 0) is 9.59 Å². The number of carbonyl (C=O) groups excluding carboxylic acids is 2. The third-order valence-corrected chi connectivity index (χ3v) is 2.61. The Morgan fingerprint density at radius 3 is 2.50 bits per heavy atom. The normalized spacial score (nSPS) is 11.9. The first-order chi connectivity index (χ1) is 8.49. The molecule has 0 aliphatic carbocycles. The lowest BCUT2D eigenvalue weighted by molar-refractivity contribution is -0.126. The van der Waals surface area contributed by atoms with E-state index in [1.54, 1.807) is 24.3 Å². The van der Waals surface area contributed by atoms with Crippen molar-refractivity contribution in [1.29, 1.82) is 0 Å². The van der Waals surface area contributed by atoms with Crippen LogP contribution < -0.4 is 16.4 Å². The molecule has 6 nitrogen and oxygen atoms in total. The zero-order valence-electron chi connectivity index (χ0n) is 9.52. The van der Waals surface area contributed by atoms with Gasteiger partial charge < -0.3 is 21.5 Å². The van der Waals surface area contributed by atoms with E-state index in [4.69, 9.17) is 10.8 Å². The number of aliphatic hydroxyl groups excluding tert-OH is 1. The number of anilines is 1. The molecule has 1 aromatic carbocycles. The molecule has 0 aliphatic rings. The second-order valence-electron chi connectivity index (χ2n) is 3.60. The third kappa shape index (κ3) is 5.26. The van der Waals surface area contributed by atoms with Crippen molar-refractivity contribution in [2.24, 2.45) is 5.73 Å². The highest BCUT2D eigenvalue weighted by atomic mass is 79.9. The van der Waals surface area contributed by atoms with E-state index in [1.165, 1.54) is 0 Å². The topological polar surface area (TPSA) is 104 Å². The van der Waals surface area contributed by atoms with Crippen molar-refractivity contribution in [3.8, 4) is 0 Å². The highest BCUT2D eigenvalue weighted by molar-refractivity contribution is 9.10. The molecule has 0 spiro atoms. The van der Waals surface area contributed by atoms with Crippen molar-refractivity contribution >= 4 is 33.4 Å². The van der Waals surface area contributed by atoms with Crippen LogP contribution in [0.5, 0.6) is 0 Å². The number of halogens is 1. The van der Waals surface area contributed by atoms with Crippen molar-refractivity contribution in [1.82, 2.24) is 5.32 Å². The first kappa shape index (κ1) is 14.6. The zero-order valence-corrected chi connectivity index (χ0v) is 11.1. The van der Waals surface area contributed by atoms with Crippen molar-refractivity contribution in [3.05, 3.63) is 28.7 Å². The molecule has 0 aliphatic heterocycles. The molecule has 2 amide bonds. The van der Waals surface area contributed by atoms with E-state index < -0.39 is 12.0 Å². The lowest BCUT2D eigenvalue weighted by Gasteiger charge is -2.09. The van der Waals surface area contributed by atoms with Gasteiger partial charge in [-0.3, -0.25) is 9.59 Å². The summed E-state index contributed by atoms with van der Waals surface area (Å²) in [6.07, 6.45) is -1.29. The largest absolute Gasteiger partial charge is 0.382 e. The maximum Gasteiger partial charge on any atom is 0.247 e. The smallest absolute Gasteiger partial charge is 0.247 e. The minimum Gasteiger partial charge on any atom is -0.382 e. The van der Waals surface area contributed by atoms with Gasteiger partial charge in [0.2, 0.25) is 11.8 Å². The molecule has 0 aromatic heterocycles. The second kappa shape index (κ2) is 7.10. The molecule has 0 bridgehead atoms. The first-order valence-corrected chi connectivity index (χ1v) is 6.02. The molecule has 0 fully saturated rings. The molecule has 0 saturated carbocycles. The van der Waals surface area contributed by atoms with Gasteiger partial charge in [-0.25, -0.2) is 0 Å². The van der Waals surface area contributed by atoms with Gasteiger partial charge in [-0.2, -0.15) is 0 Å². The van der Waals surface area contributed by atoms with Crippen LogP contribution in [-0.4, -0.2) is 36.1 Å². The fourth-order valence-corrected chi connectivity index (χ4v) is 1.43. The summed E-state index contributed by atoms with van der Waals surface area (Å²) in [5, 5.41) is 14.4. The summed E-state index contributed by atoms with van der Waals surface area (Å²) >= 11 is 3.29. The number of primary amides is 1. The Balaban J connectivity index is 2.30. The van der Waals surface area contributed by atoms with Crippen molar-refractivity contribution in [2.45, 2.75) is 6.10 Å². The molecule has 1 rings (SSSR count). The van der Waals surface area contributed by atoms with Gasteiger partial charge in [-0.1, -0.05) is 15.9 Å². The predicted octanol–water partition coefficient (Wildman–Crippen LogP) is -0.177. The van der Waals surface area contributed by atoms with Gasteiger partial charge >= 0.3 is 0 Å². The van der Waals surface area contributed by atoms with E-state index in [1.807, 2.05) is 0 Å². The summed E-state index contributed by atoms with van der Waals surface area (Å²) in [7, 11) is 0. The Labute approximate surface area is 113 Å². The van der Waals surface area contributed by atoms with Crippen molar-refractivity contribution < 1.29 is 14.7 Å². The number of carbonyl (C=O) groups is 2. The van der Waals surface area contributed by atoms with Crippen LogP contribution >= 0.6 is 15.9 Å². The van der Waals surface area contributed by atoms with Gasteiger partial charge in [-0.15, -0.1) is 0 Å². The van der Waals surface area contributed by atoms with E-state index in [9.17, 15) is 9.59 Å². The average molecular weight is 316 g/mol. The van der Waals surface area contributed by atoms with Crippen LogP contribution in [0.1, 0.15) is 0 Å². The SMILES string of the molecule is NC(=O)C(O)CNCC(=O)Nc1ccc(Br)cc1. The molecular weight excluding hydrogens is 302 g/mol. The van der Waals surface area contributed by atoms with E-state index in [-0.39, 0.29) is 19.0 Å². The van der Waals surface area contributed by atoms with Crippen LogP contribution in [0, 0.1) is 0 Å². The summed E-state index contributed by atoms with van der Waals surface area (Å²) in [5.41, 5.74) is 5.52. The molecule has 1 aromatic rings. The molecule has 1 atom stereocenters. The standard InChI is InChI=1S/C11H14BrN3O3/c12-7-1-3-8(4-2-7)15-10(17)6-14-5-9(16)11(13)18/h1-4,9,14,16H,5-6H2,(H2,13,18)(H,15,17). The second-order valence-corrected chi connectivity index (χ2v) is 4.52. The molecule has 18 heavy (non-hydrogen) atoms. The fraction of sp³-hybridized carbons (Fsp3) is 0.273. The number of nitrogens with two attached hydrogens (primary N) is 1. The van der Waals surface area contributed by atoms with Crippen LogP contribution in [0.2, 0.25) is 0 Å². The van der Waals surface area contributed by atoms with Gasteiger partial charge in [-0.05, 0) is 24.3 Å². The number of aliphatic hydroxyl groups is 1. The number of hydrogen-bond donors (Lipinski definition) is 4. The highest BCUT2D eigenvalue weighted by Gasteiger charge is 2.10. The van der Waals surface area contributed by atoms with Crippen molar-refractivity contribution in [2.75, 3.05) is 18.4 Å². The van der Waals surface area contributed by atoms with Crippen LogP contribution in [0.4, 0.5) is 5.69 Å². The number of amides is 2. The monoisotopic (exact) mass is 315 g/mol. The summed E-state index contributed by atoms with van der Waals surface area (Å²) < 4.78 is 0.920. The Hall–Kier alpha value is -1.44. The minimum absolute atomic E-state index is 0.0135. The molecule has 1 unspecified atom stereocenters. The quantitative estimate of drug-likeness (QED) is 0.584. The maximum atomic E-state index is 11.5. The van der Waals surface area contributed by atoms with E-state index >= 15 is 0 Å². The van der Waals surface area contributed by atoms with Crippen molar-refractivity contribution in [3.63, 3.8) is 0 Å². The molecule has 98 valence electrons. The van der Waals surface area contributed by atoms with E-state index in [2.05, 4.69) is 26.6 Å². The number of nitrogens with one attached hydrogen (secondary N) is 2. The summed E-state index contributed by atoms with van der Waals surface area (Å²) in [6, 6.07) is 7.11. The van der Waals surface area contributed by atoms with E-state index in [0.717, 1.165) is 4.47 Å². The summed E-state index contributed by atoms with van der Waals surface area (Å²) in [6.45, 7) is -0.0660. The third-order valence-electron chi connectivity index (χ3n) is 2.08. The molecule has 0 heterocycles. The highest BCUT2D eigenvalue weighted by Crippen LogP contribution is 2.13. The Morgan fingerprint density at radius 2 is 1.94 bits per heavy atom. The van der Waals surface area contributed by atoms with Gasteiger partial charge in [0.05, 0.1) is 6.54 Å². The predicted molar refractivity (Wildman–Crippen MR) is 70.8 cm³/mol. The zero-order chi connectivity index (χ0) is 13.5. The lowest BCUT2D eigenvalue weighted by Crippen LogP contribution is -2.40. The average Bonchev–Trinajstić information content (AvgIpc) is 2.32. The number of rotatable bonds is 6. The molecule has 0 radical (unpaired) electrons. The Kier molecular flexibility index (Phi) is 5.76. The van der Waals surface area contributed by atoms with E-state index in [0.29, 0.717) is 5.69 Å². The number of hydrogen-bond acceptors (Lipinski definition) is 4. The van der Waals surface area contributed by atoms with Crippen LogP contribution in [0.15, 0.2) is 28.7 Å². The molecule has 7 heteroatoms. The van der Waals surface area contributed by atoms with Crippen LogP contribution in [0.3, 0.4) is 0 Å². The van der Waals surface area contributed by atoms with Gasteiger partial charge in [0.15, 0.2) is 0 Å². The molecule has 5 N–H and O–H groups in total. The molecule has 0 saturated heterocycles. The Morgan fingerprint density at radius 1 is 1.33 bits per heavy atom. The van der Waals surface area contributed by atoms with Gasteiger partial charge in [0.25, 0.3) is 0 Å². The summed E-state index contributed by atoms with van der Waals surface area (Å²) in [5.74, 6) is -1.09. The summed E-state index contributed by atoms with van der Waals surface area (Å²) in [4.78, 5) is 22.0.